The normalized spacial score (nSPS) is 11.4. The van der Waals surface area contributed by atoms with Gasteiger partial charge >= 0.3 is 5.97 Å². The number of carboxylic acid groups (broad SMARTS) is 1. The van der Waals surface area contributed by atoms with Gasteiger partial charge in [0.1, 0.15) is 0 Å². The Morgan fingerprint density at radius 3 is 2.85 bits per heavy atom. The predicted octanol–water partition coefficient (Wildman–Crippen LogP) is 5.26. The monoisotopic (exact) mass is 382 g/mol. The number of rotatable bonds is 7. The molecule has 4 nitrogen and oxygen atoms in total. The van der Waals surface area contributed by atoms with Crippen molar-refractivity contribution < 1.29 is 9.90 Å². The van der Waals surface area contributed by atoms with Gasteiger partial charge in [-0.15, -0.1) is 11.3 Å². The van der Waals surface area contributed by atoms with Crippen LogP contribution in [0.3, 0.4) is 0 Å². The third-order valence-corrected chi connectivity index (χ3v) is 6.35. The average molecular weight is 383 g/mol. The maximum Gasteiger partial charge on any atom is 0.303 e. The van der Waals surface area contributed by atoms with E-state index >= 15 is 0 Å². The number of thiophene rings is 1. The number of carbonyl (C=O) groups is 1. The molecule has 0 unspecified atom stereocenters. The summed E-state index contributed by atoms with van der Waals surface area (Å²) in [5.74, 6) is 0.00357. The van der Waals surface area contributed by atoms with Gasteiger partial charge in [-0.3, -0.25) is 4.79 Å². The van der Waals surface area contributed by atoms with E-state index in [4.69, 9.17) is 10.1 Å². The van der Waals surface area contributed by atoms with E-state index in [1.165, 1.54) is 15.6 Å². The lowest BCUT2D eigenvalue weighted by Gasteiger charge is -2.08. The first kappa shape index (κ1) is 17.1. The Hall–Kier alpha value is -2.31. The fraction of sp³-hybridized carbons (Fsp3) is 0.200. The van der Waals surface area contributed by atoms with Gasteiger partial charge in [0.2, 0.25) is 0 Å². The highest BCUT2D eigenvalue weighted by Gasteiger charge is 2.13. The standard InChI is InChI=1S/C20H18N2O2S2/c23-19(24)10-5-11-25-20-21-16-7-2-3-8-17(16)22(20)12-14-13-26-18-9-4-1-6-15(14)18/h1-4,6-9,13H,5,10-12H2,(H,23,24). The van der Waals surface area contributed by atoms with E-state index in [0.29, 0.717) is 6.42 Å². The van der Waals surface area contributed by atoms with Gasteiger partial charge in [-0.05, 0) is 40.9 Å². The minimum Gasteiger partial charge on any atom is -0.481 e. The molecule has 6 heteroatoms. The highest BCUT2D eigenvalue weighted by molar-refractivity contribution is 7.99. The Morgan fingerprint density at radius 2 is 1.96 bits per heavy atom. The number of nitrogens with zero attached hydrogens (tertiary/aromatic N) is 2. The van der Waals surface area contributed by atoms with Gasteiger partial charge < -0.3 is 9.67 Å². The number of benzene rings is 2. The summed E-state index contributed by atoms with van der Waals surface area (Å²) in [6.07, 6.45) is 0.840. The molecule has 0 saturated carbocycles. The van der Waals surface area contributed by atoms with E-state index < -0.39 is 5.97 Å². The first-order chi connectivity index (χ1) is 12.7. The minimum absolute atomic E-state index is 0.197. The molecular weight excluding hydrogens is 364 g/mol. The van der Waals surface area contributed by atoms with Gasteiger partial charge in [0.25, 0.3) is 0 Å². The Balaban J connectivity index is 1.66. The number of aromatic nitrogens is 2. The van der Waals surface area contributed by atoms with Crippen molar-refractivity contribution in [3.8, 4) is 0 Å². The molecule has 132 valence electrons. The maximum absolute atomic E-state index is 10.7. The molecule has 0 saturated heterocycles. The lowest BCUT2D eigenvalue weighted by Crippen LogP contribution is -2.02. The van der Waals surface area contributed by atoms with E-state index in [1.807, 2.05) is 18.2 Å². The van der Waals surface area contributed by atoms with Crippen LogP contribution in [0.4, 0.5) is 0 Å². The molecule has 2 aromatic heterocycles. The summed E-state index contributed by atoms with van der Waals surface area (Å²) in [6.45, 7) is 0.770. The first-order valence-corrected chi connectivity index (χ1v) is 10.3. The van der Waals surface area contributed by atoms with Crippen molar-refractivity contribution in [2.24, 2.45) is 0 Å². The van der Waals surface area contributed by atoms with Crippen LogP contribution in [0.5, 0.6) is 0 Å². The van der Waals surface area contributed by atoms with E-state index in [0.717, 1.165) is 28.5 Å². The highest BCUT2D eigenvalue weighted by atomic mass is 32.2. The smallest absolute Gasteiger partial charge is 0.303 e. The Morgan fingerprint density at radius 1 is 1.15 bits per heavy atom. The number of imidazole rings is 1. The second-order valence-corrected chi connectivity index (χ2v) is 8.05. The molecule has 1 N–H and O–H groups in total. The quantitative estimate of drug-likeness (QED) is 0.350. The van der Waals surface area contributed by atoms with Crippen molar-refractivity contribution in [1.82, 2.24) is 9.55 Å². The molecule has 26 heavy (non-hydrogen) atoms. The van der Waals surface area contributed by atoms with Crippen molar-refractivity contribution in [2.75, 3.05) is 5.75 Å². The number of hydrogen-bond acceptors (Lipinski definition) is 4. The molecule has 0 bridgehead atoms. The Bertz CT molecular complexity index is 1070. The highest BCUT2D eigenvalue weighted by Crippen LogP contribution is 2.30. The molecular formula is C20H18N2O2S2. The van der Waals surface area contributed by atoms with Crippen molar-refractivity contribution in [3.05, 3.63) is 59.5 Å². The van der Waals surface area contributed by atoms with Crippen LogP contribution >= 0.6 is 23.1 Å². The second-order valence-electron chi connectivity index (χ2n) is 6.07. The van der Waals surface area contributed by atoms with Crippen LogP contribution in [-0.4, -0.2) is 26.4 Å². The molecule has 0 radical (unpaired) electrons. The number of aliphatic carboxylic acids is 1. The van der Waals surface area contributed by atoms with Crippen LogP contribution < -0.4 is 0 Å². The zero-order valence-corrected chi connectivity index (χ0v) is 15.7. The van der Waals surface area contributed by atoms with Crippen molar-refractivity contribution in [3.63, 3.8) is 0 Å². The SMILES string of the molecule is O=C(O)CCCSc1nc2ccccc2n1Cc1csc2ccccc12. The molecule has 2 heterocycles. The van der Waals surface area contributed by atoms with E-state index in [1.54, 1.807) is 23.1 Å². The van der Waals surface area contributed by atoms with E-state index in [-0.39, 0.29) is 6.42 Å². The maximum atomic E-state index is 10.7. The number of para-hydroxylation sites is 2. The lowest BCUT2D eigenvalue weighted by atomic mass is 10.2. The van der Waals surface area contributed by atoms with Gasteiger partial charge in [-0.25, -0.2) is 4.98 Å². The van der Waals surface area contributed by atoms with E-state index in [2.05, 4.69) is 40.3 Å². The van der Waals surface area contributed by atoms with Crippen molar-refractivity contribution >= 4 is 50.2 Å². The van der Waals surface area contributed by atoms with Crippen LogP contribution in [0, 0.1) is 0 Å². The van der Waals surface area contributed by atoms with Gasteiger partial charge in [-0.1, -0.05) is 42.1 Å². The van der Waals surface area contributed by atoms with Crippen LogP contribution in [0.1, 0.15) is 18.4 Å². The van der Waals surface area contributed by atoms with Gasteiger partial charge in [-0.2, -0.15) is 0 Å². The average Bonchev–Trinajstić information content (AvgIpc) is 3.21. The summed E-state index contributed by atoms with van der Waals surface area (Å²) in [7, 11) is 0. The third kappa shape index (κ3) is 3.48. The summed E-state index contributed by atoms with van der Waals surface area (Å²) in [4.78, 5) is 15.5. The predicted molar refractivity (Wildman–Crippen MR) is 108 cm³/mol. The topological polar surface area (TPSA) is 55.1 Å². The molecule has 0 atom stereocenters. The molecule has 0 spiro atoms. The van der Waals surface area contributed by atoms with Gasteiger partial charge in [0.15, 0.2) is 5.16 Å². The summed E-state index contributed by atoms with van der Waals surface area (Å²) in [5.41, 5.74) is 3.39. The Kier molecular flexibility index (Phi) is 4.95. The first-order valence-electron chi connectivity index (χ1n) is 8.47. The van der Waals surface area contributed by atoms with E-state index in [9.17, 15) is 4.79 Å². The number of carboxylic acids is 1. The second kappa shape index (κ2) is 7.51. The molecule has 0 aliphatic carbocycles. The molecule has 4 aromatic rings. The summed E-state index contributed by atoms with van der Waals surface area (Å²) in [6, 6.07) is 16.6. The molecule has 0 fully saturated rings. The Labute approximate surface area is 159 Å². The summed E-state index contributed by atoms with van der Waals surface area (Å²) < 4.78 is 3.54. The zero-order valence-electron chi connectivity index (χ0n) is 14.1. The van der Waals surface area contributed by atoms with Crippen molar-refractivity contribution in [1.29, 1.82) is 0 Å². The molecule has 2 aromatic carbocycles. The van der Waals surface area contributed by atoms with Gasteiger partial charge in [0.05, 0.1) is 17.6 Å². The van der Waals surface area contributed by atoms with Crippen LogP contribution in [-0.2, 0) is 11.3 Å². The zero-order chi connectivity index (χ0) is 17.9. The van der Waals surface area contributed by atoms with Crippen molar-refractivity contribution in [2.45, 2.75) is 24.5 Å². The molecule has 0 aliphatic heterocycles. The summed E-state index contributed by atoms with van der Waals surface area (Å²) in [5, 5.41) is 13.3. The number of hydrogen-bond donors (Lipinski definition) is 1. The molecule has 0 amide bonds. The molecule has 0 aliphatic rings. The lowest BCUT2D eigenvalue weighted by molar-refractivity contribution is -0.137. The third-order valence-electron chi connectivity index (χ3n) is 4.28. The number of thioether (sulfide) groups is 1. The van der Waals surface area contributed by atoms with Gasteiger partial charge in [0, 0.05) is 16.9 Å². The van der Waals surface area contributed by atoms with Crippen LogP contribution in [0.15, 0.2) is 59.1 Å². The summed E-state index contributed by atoms with van der Waals surface area (Å²) >= 11 is 3.40. The fourth-order valence-corrected chi connectivity index (χ4v) is 4.94. The fourth-order valence-electron chi connectivity index (χ4n) is 3.03. The van der Waals surface area contributed by atoms with Crippen LogP contribution in [0.25, 0.3) is 21.1 Å². The molecule has 4 rings (SSSR count). The minimum atomic E-state index is -0.746. The van der Waals surface area contributed by atoms with Crippen LogP contribution in [0.2, 0.25) is 0 Å². The number of fused-ring (bicyclic) bond motifs is 2. The largest absolute Gasteiger partial charge is 0.481 e.